The lowest BCUT2D eigenvalue weighted by Crippen LogP contribution is -2.49. The summed E-state index contributed by atoms with van der Waals surface area (Å²) in [7, 11) is 1.50. The summed E-state index contributed by atoms with van der Waals surface area (Å²) in [6.07, 6.45) is 3.23. The summed E-state index contributed by atoms with van der Waals surface area (Å²) < 4.78 is 61.6. The van der Waals surface area contributed by atoms with Crippen LogP contribution in [0.15, 0.2) is 51.5 Å². The van der Waals surface area contributed by atoms with Crippen LogP contribution in [0, 0.1) is 10.8 Å². The Balaban J connectivity index is -0.000000172. The van der Waals surface area contributed by atoms with Gasteiger partial charge in [0.1, 0.15) is 6.54 Å². The molecule has 0 spiro atoms. The monoisotopic (exact) mass is 578 g/mol. The second-order valence-electron chi connectivity index (χ2n) is 8.25. The van der Waals surface area contributed by atoms with Gasteiger partial charge >= 0.3 is 12.1 Å². The van der Waals surface area contributed by atoms with Crippen LogP contribution in [0.2, 0.25) is 0 Å². The molecule has 0 unspecified atom stereocenters. The predicted molar refractivity (Wildman–Crippen MR) is 153 cm³/mol. The number of hydrogen-bond acceptors (Lipinski definition) is 7. The Hall–Kier alpha value is -2.10. The topological polar surface area (TPSA) is 181 Å². The summed E-state index contributed by atoms with van der Waals surface area (Å²) in [6.45, 7) is 11.9. The molecule has 0 atom stereocenters. The van der Waals surface area contributed by atoms with Gasteiger partial charge in [-0.05, 0) is 62.1 Å². The zero-order valence-electron chi connectivity index (χ0n) is 23.5. The molecule has 0 radical (unpaired) electrons. The van der Waals surface area contributed by atoms with Crippen LogP contribution in [0.1, 0.15) is 48.5 Å². The number of alkyl halides is 5. The standard InChI is InChI=1S/C14H23NS.C9H15F5N4.CH5N.2H2O/c1-6-12(14(3,4)5)8-9-13(15)10-11-16-7-2;1-6(2)7(3-17-5-15)18(16)4-8(10,11)9(12,13)14;1-2;;/h6,8-11,15H,7H2,1-5H3;3H,4-5,15-16H2,1-2H3;2H2,1H3;2*1H2/b9-8-,11-10+,12-6+,15-13?;17-3-;;;. The average molecular weight is 579 g/mol. The summed E-state index contributed by atoms with van der Waals surface area (Å²) in [4.78, 5) is 3.55. The first-order valence-electron chi connectivity index (χ1n) is 11.1. The molecule has 11 N–H and O–H groups in total. The molecule has 0 aromatic rings. The van der Waals surface area contributed by atoms with Crippen molar-refractivity contribution in [1.29, 1.82) is 5.41 Å². The lowest BCUT2D eigenvalue weighted by atomic mass is 9.86. The number of nitrogens with two attached hydrogens (primary N) is 3. The van der Waals surface area contributed by atoms with Crippen molar-refractivity contribution >= 4 is 23.7 Å². The summed E-state index contributed by atoms with van der Waals surface area (Å²) in [5.74, 6) is 1.35. The molecule has 14 heteroatoms. The van der Waals surface area contributed by atoms with Crippen LogP contribution in [0.5, 0.6) is 0 Å². The van der Waals surface area contributed by atoms with Gasteiger partial charge in [-0.2, -0.15) is 22.0 Å². The van der Waals surface area contributed by atoms with Gasteiger partial charge in [0.2, 0.25) is 0 Å². The third-order valence-electron chi connectivity index (χ3n) is 4.05. The maximum atomic E-state index is 12.8. The summed E-state index contributed by atoms with van der Waals surface area (Å²) in [6, 6.07) is 0. The van der Waals surface area contributed by atoms with Crippen LogP contribution < -0.4 is 17.3 Å². The lowest BCUT2D eigenvalue weighted by Gasteiger charge is -2.27. The van der Waals surface area contributed by atoms with Gasteiger partial charge in [0.25, 0.3) is 0 Å². The molecule has 0 aliphatic heterocycles. The van der Waals surface area contributed by atoms with E-state index >= 15 is 0 Å². The highest BCUT2D eigenvalue weighted by atomic mass is 32.2. The van der Waals surface area contributed by atoms with Gasteiger partial charge in [0.15, 0.2) is 0 Å². The van der Waals surface area contributed by atoms with Crippen molar-refractivity contribution in [3.63, 3.8) is 0 Å². The first kappa shape index (κ1) is 45.8. The minimum atomic E-state index is -5.65. The Bertz CT molecular complexity index is 786. The van der Waals surface area contributed by atoms with E-state index in [2.05, 4.69) is 44.5 Å². The van der Waals surface area contributed by atoms with Crippen molar-refractivity contribution in [2.75, 3.05) is 26.0 Å². The fourth-order valence-corrected chi connectivity index (χ4v) is 2.69. The number of rotatable bonds is 10. The lowest BCUT2D eigenvalue weighted by molar-refractivity contribution is -0.285. The van der Waals surface area contributed by atoms with Gasteiger partial charge in [-0.25, -0.2) is 5.84 Å². The van der Waals surface area contributed by atoms with Crippen LogP contribution in [-0.2, 0) is 0 Å². The van der Waals surface area contributed by atoms with Crippen molar-refractivity contribution in [3.8, 4) is 0 Å². The number of nitrogens with zero attached hydrogens (tertiary/aromatic N) is 2. The smallest absolute Gasteiger partial charge is 0.412 e. The van der Waals surface area contributed by atoms with E-state index in [1.165, 1.54) is 26.5 Å². The predicted octanol–water partition coefficient (Wildman–Crippen LogP) is 4.39. The maximum absolute atomic E-state index is 12.8. The fraction of sp³-hybridized carbons (Fsp3) is 0.583. The SMILES string of the molecule is C/C=C(\C=C/C(=N)/C=C/SCC)C(C)(C)C.CC(C)=C(/C=N\CN)N(N)CC(F)(F)C(F)(F)F.CN.O.O. The van der Waals surface area contributed by atoms with Crippen LogP contribution in [0.25, 0.3) is 0 Å². The highest BCUT2D eigenvalue weighted by Gasteiger charge is 2.58. The molecule has 38 heavy (non-hydrogen) atoms. The molecule has 8 nitrogen and oxygen atoms in total. The number of hydrazine groups is 1. The molecule has 0 saturated carbocycles. The van der Waals surface area contributed by atoms with Gasteiger partial charge < -0.3 is 32.8 Å². The third-order valence-corrected chi connectivity index (χ3v) is 4.72. The Labute approximate surface area is 228 Å². The van der Waals surface area contributed by atoms with Crippen LogP contribution in [0.3, 0.4) is 0 Å². The van der Waals surface area contributed by atoms with Crippen molar-refractivity contribution in [2.45, 2.75) is 60.6 Å². The molecule has 0 saturated heterocycles. The van der Waals surface area contributed by atoms with Crippen molar-refractivity contribution in [3.05, 3.63) is 46.6 Å². The maximum Gasteiger partial charge on any atom is 0.455 e. The van der Waals surface area contributed by atoms with Crippen LogP contribution in [0.4, 0.5) is 22.0 Å². The van der Waals surface area contributed by atoms with Crippen LogP contribution in [-0.4, -0.2) is 66.0 Å². The molecule has 0 aliphatic carbocycles. The molecule has 0 aromatic carbocycles. The zero-order valence-corrected chi connectivity index (χ0v) is 24.3. The molecule has 0 bridgehead atoms. The normalized spacial score (nSPS) is 12.2. The van der Waals surface area contributed by atoms with Gasteiger partial charge in [-0.15, -0.1) is 11.8 Å². The quantitative estimate of drug-likeness (QED) is 0.0985. The Morgan fingerprint density at radius 3 is 1.84 bits per heavy atom. The van der Waals surface area contributed by atoms with Crippen molar-refractivity contribution in [2.24, 2.45) is 27.7 Å². The Morgan fingerprint density at radius 2 is 1.50 bits per heavy atom. The minimum Gasteiger partial charge on any atom is -0.412 e. The van der Waals surface area contributed by atoms with E-state index in [1.807, 2.05) is 30.6 Å². The molecule has 0 heterocycles. The molecular formula is C24H47F5N6O2S. The highest BCUT2D eigenvalue weighted by Crippen LogP contribution is 2.36. The van der Waals surface area contributed by atoms with Gasteiger partial charge in [0, 0.05) is 6.21 Å². The summed E-state index contributed by atoms with van der Waals surface area (Å²) in [5.41, 5.74) is 11.9. The first-order chi connectivity index (χ1) is 16.4. The molecule has 226 valence electrons. The second-order valence-corrected chi connectivity index (χ2v) is 9.43. The molecule has 0 amide bonds. The Morgan fingerprint density at radius 1 is 1.00 bits per heavy atom. The number of aliphatic imine (C=N–C) groups is 1. The van der Waals surface area contributed by atoms with E-state index in [9.17, 15) is 22.0 Å². The minimum absolute atomic E-state index is 0. The van der Waals surface area contributed by atoms with Gasteiger partial charge in [-0.3, -0.25) is 4.99 Å². The number of halogens is 5. The van der Waals surface area contributed by atoms with Crippen molar-refractivity contribution < 1.29 is 32.9 Å². The number of hydrogen-bond donors (Lipinski definition) is 4. The fourth-order valence-electron chi connectivity index (χ4n) is 2.25. The first-order valence-corrected chi connectivity index (χ1v) is 12.1. The average Bonchev–Trinajstić information content (AvgIpc) is 2.74. The number of allylic oxidation sites excluding steroid dienone is 7. The van der Waals surface area contributed by atoms with E-state index in [0.29, 0.717) is 16.3 Å². The third kappa shape index (κ3) is 20.9. The van der Waals surface area contributed by atoms with Gasteiger partial charge in [-0.1, -0.05) is 45.4 Å². The van der Waals surface area contributed by atoms with E-state index in [0.717, 1.165) is 12.0 Å². The molecule has 0 fully saturated rings. The highest BCUT2D eigenvalue weighted by molar-refractivity contribution is 8.02. The largest absolute Gasteiger partial charge is 0.455 e. The zero-order chi connectivity index (χ0) is 29.2. The molecular weight excluding hydrogens is 531 g/mol. The van der Waals surface area contributed by atoms with Gasteiger partial charge in [0.05, 0.1) is 18.1 Å². The molecule has 0 rings (SSSR count). The van der Waals surface area contributed by atoms with E-state index < -0.39 is 18.6 Å². The van der Waals surface area contributed by atoms with Crippen LogP contribution >= 0.6 is 11.8 Å². The van der Waals surface area contributed by atoms with E-state index in [-0.39, 0.29) is 28.7 Å². The summed E-state index contributed by atoms with van der Waals surface area (Å²) in [5, 5.41) is 10.0. The molecule has 0 aromatic heterocycles. The second kappa shape index (κ2) is 22.8. The van der Waals surface area contributed by atoms with Crippen molar-refractivity contribution in [1.82, 2.24) is 5.01 Å². The number of nitrogens with one attached hydrogen (secondary N) is 1. The van der Waals surface area contributed by atoms with E-state index in [4.69, 9.17) is 17.0 Å². The molecule has 0 aliphatic rings. The summed E-state index contributed by atoms with van der Waals surface area (Å²) >= 11 is 1.71. The number of thioether (sulfide) groups is 1. The van der Waals surface area contributed by atoms with E-state index in [1.54, 1.807) is 11.8 Å². The Kier molecular flexibility index (Phi) is 27.5.